The standard InChI is InChI=1S/C24H25Cl2N3O5S/c1-15(23(31)27-17-6-2-3-7-17)28(13-16-10-11-19(25)20(26)12-16)22(30)14-29-24(32)18-8-4-5-9-21(18)35(29,33)34/h4-5,8-12,15,17H,2-3,6-7,13-14H2,1H3,(H,27,31)/t15-/m0/s1. The number of carbonyl (C=O) groups excluding carboxylic acids is 3. The Morgan fingerprint density at radius 1 is 1.11 bits per heavy atom. The molecule has 1 fully saturated rings. The smallest absolute Gasteiger partial charge is 0.269 e. The number of rotatable bonds is 7. The van der Waals surface area contributed by atoms with E-state index >= 15 is 0 Å². The highest BCUT2D eigenvalue weighted by Crippen LogP contribution is 2.30. The summed E-state index contributed by atoms with van der Waals surface area (Å²) in [5, 5.41) is 3.60. The SMILES string of the molecule is C[C@@H](C(=O)NC1CCCC1)N(Cc1ccc(Cl)c(Cl)c1)C(=O)CN1C(=O)c2ccccc2S1(=O)=O. The number of benzene rings is 2. The number of hydrogen-bond donors (Lipinski definition) is 1. The molecular formula is C24H25Cl2N3O5S. The number of halogens is 2. The van der Waals surface area contributed by atoms with Crippen molar-refractivity contribution in [2.24, 2.45) is 0 Å². The zero-order valence-corrected chi connectivity index (χ0v) is 21.4. The van der Waals surface area contributed by atoms with E-state index < -0.39 is 34.4 Å². The van der Waals surface area contributed by atoms with Crippen molar-refractivity contribution in [3.05, 3.63) is 63.6 Å². The van der Waals surface area contributed by atoms with E-state index in [9.17, 15) is 22.8 Å². The van der Waals surface area contributed by atoms with E-state index in [0.29, 0.717) is 14.9 Å². The highest BCUT2D eigenvalue weighted by Gasteiger charge is 2.43. The summed E-state index contributed by atoms with van der Waals surface area (Å²) in [4.78, 5) is 40.4. The zero-order valence-electron chi connectivity index (χ0n) is 19.0. The van der Waals surface area contributed by atoms with E-state index in [2.05, 4.69) is 5.32 Å². The van der Waals surface area contributed by atoms with Crippen LogP contribution in [0.2, 0.25) is 10.0 Å². The van der Waals surface area contributed by atoms with Gasteiger partial charge in [0.15, 0.2) is 0 Å². The van der Waals surface area contributed by atoms with Gasteiger partial charge in [-0.05, 0) is 49.6 Å². The molecule has 1 aliphatic carbocycles. The number of fused-ring (bicyclic) bond motifs is 1. The van der Waals surface area contributed by atoms with E-state index in [4.69, 9.17) is 23.2 Å². The summed E-state index contributed by atoms with van der Waals surface area (Å²) in [5.74, 6) is -1.80. The van der Waals surface area contributed by atoms with Crippen molar-refractivity contribution in [3.8, 4) is 0 Å². The average molecular weight is 538 g/mol. The van der Waals surface area contributed by atoms with Crippen LogP contribution in [0.1, 0.15) is 48.5 Å². The Hall–Kier alpha value is -2.62. The Morgan fingerprint density at radius 3 is 2.46 bits per heavy atom. The summed E-state index contributed by atoms with van der Waals surface area (Å²) >= 11 is 12.1. The lowest BCUT2D eigenvalue weighted by Crippen LogP contribution is -2.52. The Morgan fingerprint density at radius 2 is 1.80 bits per heavy atom. The predicted molar refractivity (Wildman–Crippen MR) is 132 cm³/mol. The third kappa shape index (κ3) is 5.17. The van der Waals surface area contributed by atoms with Crippen LogP contribution in [0.25, 0.3) is 0 Å². The maximum Gasteiger partial charge on any atom is 0.269 e. The summed E-state index contributed by atoms with van der Waals surface area (Å²) in [6, 6.07) is 9.77. The van der Waals surface area contributed by atoms with Gasteiger partial charge in [0.25, 0.3) is 15.9 Å². The molecule has 0 spiro atoms. The highest BCUT2D eigenvalue weighted by molar-refractivity contribution is 7.90. The quantitative estimate of drug-likeness (QED) is 0.580. The molecule has 35 heavy (non-hydrogen) atoms. The number of hydrogen-bond acceptors (Lipinski definition) is 5. The first-order chi connectivity index (χ1) is 16.6. The molecule has 186 valence electrons. The molecule has 2 aromatic rings. The number of nitrogens with zero attached hydrogens (tertiary/aromatic N) is 2. The maximum atomic E-state index is 13.5. The van der Waals surface area contributed by atoms with Gasteiger partial charge in [-0.1, -0.05) is 54.2 Å². The summed E-state index contributed by atoms with van der Waals surface area (Å²) in [5.41, 5.74) is 0.621. The van der Waals surface area contributed by atoms with Crippen molar-refractivity contribution in [1.29, 1.82) is 0 Å². The van der Waals surface area contributed by atoms with Crippen LogP contribution < -0.4 is 5.32 Å². The fourth-order valence-electron chi connectivity index (χ4n) is 4.41. The third-order valence-corrected chi connectivity index (χ3v) is 8.92. The minimum atomic E-state index is -4.18. The molecule has 1 N–H and O–H groups in total. The molecule has 1 atom stereocenters. The molecule has 11 heteroatoms. The van der Waals surface area contributed by atoms with Crippen molar-refractivity contribution in [1.82, 2.24) is 14.5 Å². The van der Waals surface area contributed by atoms with Gasteiger partial charge in [-0.25, -0.2) is 12.7 Å². The fraction of sp³-hybridized carbons (Fsp3) is 0.375. The van der Waals surface area contributed by atoms with Crippen molar-refractivity contribution in [2.75, 3.05) is 6.54 Å². The minimum Gasteiger partial charge on any atom is -0.352 e. The Balaban J connectivity index is 1.59. The van der Waals surface area contributed by atoms with Crippen LogP contribution >= 0.6 is 23.2 Å². The molecule has 0 saturated heterocycles. The fourth-order valence-corrected chi connectivity index (χ4v) is 6.25. The van der Waals surface area contributed by atoms with Gasteiger partial charge in [-0.3, -0.25) is 14.4 Å². The predicted octanol–water partition coefficient (Wildman–Crippen LogP) is 3.61. The molecule has 1 saturated carbocycles. The van der Waals surface area contributed by atoms with Crippen LogP contribution in [0.15, 0.2) is 47.4 Å². The number of sulfonamides is 1. The van der Waals surface area contributed by atoms with Gasteiger partial charge >= 0.3 is 0 Å². The largest absolute Gasteiger partial charge is 0.352 e. The van der Waals surface area contributed by atoms with E-state index in [-0.39, 0.29) is 34.0 Å². The summed E-state index contributed by atoms with van der Waals surface area (Å²) < 4.78 is 26.5. The summed E-state index contributed by atoms with van der Waals surface area (Å²) in [6.07, 6.45) is 3.80. The van der Waals surface area contributed by atoms with Crippen LogP contribution in [0.5, 0.6) is 0 Å². The van der Waals surface area contributed by atoms with Gasteiger partial charge in [-0.2, -0.15) is 0 Å². The normalized spacial score (nSPS) is 17.8. The first kappa shape index (κ1) is 25.5. The van der Waals surface area contributed by atoms with Crippen molar-refractivity contribution >= 4 is 50.9 Å². The number of amides is 3. The Labute approximate surface area is 214 Å². The molecule has 0 unspecified atom stereocenters. The maximum absolute atomic E-state index is 13.5. The molecule has 8 nitrogen and oxygen atoms in total. The Bertz CT molecular complexity index is 1280. The molecule has 3 amide bonds. The monoisotopic (exact) mass is 537 g/mol. The second-order valence-corrected chi connectivity index (χ2v) is 11.4. The lowest BCUT2D eigenvalue weighted by atomic mass is 10.1. The lowest BCUT2D eigenvalue weighted by molar-refractivity contribution is -0.140. The van der Waals surface area contributed by atoms with Gasteiger partial charge in [0.2, 0.25) is 11.8 Å². The highest BCUT2D eigenvalue weighted by atomic mass is 35.5. The molecule has 2 aromatic carbocycles. The molecule has 1 aliphatic heterocycles. The molecule has 0 radical (unpaired) electrons. The zero-order chi connectivity index (χ0) is 25.3. The summed E-state index contributed by atoms with van der Waals surface area (Å²) in [7, 11) is -4.18. The molecule has 4 rings (SSSR count). The second kappa shape index (κ2) is 10.2. The van der Waals surface area contributed by atoms with E-state index in [1.807, 2.05) is 0 Å². The van der Waals surface area contributed by atoms with Crippen LogP contribution in [0, 0.1) is 0 Å². The van der Waals surface area contributed by atoms with Gasteiger partial charge in [0.1, 0.15) is 17.5 Å². The van der Waals surface area contributed by atoms with Crippen LogP contribution in [-0.4, -0.2) is 54.0 Å². The van der Waals surface area contributed by atoms with Crippen LogP contribution in [-0.2, 0) is 26.2 Å². The van der Waals surface area contributed by atoms with Gasteiger partial charge in [0.05, 0.1) is 15.6 Å². The third-order valence-electron chi connectivity index (χ3n) is 6.40. The van der Waals surface area contributed by atoms with Crippen molar-refractivity contribution in [3.63, 3.8) is 0 Å². The van der Waals surface area contributed by atoms with E-state index in [0.717, 1.165) is 25.7 Å². The van der Waals surface area contributed by atoms with E-state index in [1.54, 1.807) is 31.2 Å². The minimum absolute atomic E-state index is 0.0170. The summed E-state index contributed by atoms with van der Waals surface area (Å²) in [6.45, 7) is 0.830. The lowest BCUT2D eigenvalue weighted by Gasteiger charge is -2.31. The average Bonchev–Trinajstić information content (AvgIpc) is 3.40. The number of nitrogens with one attached hydrogen (secondary N) is 1. The first-order valence-electron chi connectivity index (χ1n) is 11.3. The van der Waals surface area contributed by atoms with Gasteiger partial charge in [-0.15, -0.1) is 0 Å². The second-order valence-electron chi connectivity index (χ2n) is 8.75. The van der Waals surface area contributed by atoms with Crippen LogP contribution in [0.4, 0.5) is 0 Å². The van der Waals surface area contributed by atoms with Crippen LogP contribution in [0.3, 0.4) is 0 Å². The molecular weight excluding hydrogens is 513 g/mol. The van der Waals surface area contributed by atoms with Gasteiger partial charge < -0.3 is 10.2 Å². The van der Waals surface area contributed by atoms with E-state index in [1.165, 1.54) is 23.1 Å². The Kier molecular flexibility index (Phi) is 7.40. The van der Waals surface area contributed by atoms with Crippen molar-refractivity contribution < 1.29 is 22.8 Å². The molecule has 0 bridgehead atoms. The van der Waals surface area contributed by atoms with Crippen molar-refractivity contribution in [2.45, 2.75) is 56.1 Å². The topological polar surface area (TPSA) is 104 Å². The molecule has 2 aliphatic rings. The number of carbonyl (C=O) groups is 3. The molecule has 0 aromatic heterocycles. The molecule has 1 heterocycles. The first-order valence-corrected chi connectivity index (χ1v) is 13.5. The van der Waals surface area contributed by atoms with Gasteiger partial charge in [0, 0.05) is 12.6 Å².